The van der Waals surface area contributed by atoms with Crippen LogP contribution in [0.15, 0.2) is 24.3 Å². The van der Waals surface area contributed by atoms with Crippen molar-refractivity contribution in [2.45, 2.75) is 33.2 Å². The summed E-state index contributed by atoms with van der Waals surface area (Å²) >= 11 is 0. The smallest absolute Gasteiger partial charge is 0.254 e. The Hall–Kier alpha value is -1.66. The molecule has 2 rings (SSSR count). The summed E-state index contributed by atoms with van der Waals surface area (Å²) in [6.45, 7) is 7.81. The molecule has 1 saturated heterocycles. The van der Waals surface area contributed by atoms with E-state index in [0.717, 1.165) is 0 Å². The van der Waals surface area contributed by atoms with Crippen LogP contribution in [0.5, 0.6) is 0 Å². The van der Waals surface area contributed by atoms with Gasteiger partial charge in [-0.1, -0.05) is 26.8 Å². The van der Waals surface area contributed by atoms with Crippen molar-refractivity contribution in [2.75, 3.05) is 26.2 Å². The third-order valence-electron chi connectivity index (χ3n) is 4.37. The van der Waals surface area contributed by atoms with E-state index in [0.29, 0.717) is 38.2 Å². The Bertz CT molecular complexity index is 619. The molecule has 0 radical (unpaired) electrons. The fraction of sp³-hybridized carbons (Fsp3) is 0.556. The average molecular weight is 372 g/mol. The molecule has 1 heterocycles. The minimum absolute atomic E-state index is 0. The zero-order valence-corrected chi connectivity index (χ0v) is 15.8. The van der Waals surface area contributed by atoms with Gasteiger partial charge in [-0.15, -0.1) is 12.4 Å². The quantitative estimate of drug-likeness (QED) is 0.867. The van der Waals surface area contributed by atoms with Crippen LogP contribution in [0.3, 0.4) is 0 Å². The summed E-state index contributed by atoms with van der Waals surface area (Å²) in [5.41, 5.74) is 6.09. The predicted octanol–water partition coefficient (Wildman–Crippen LogP) is 2.30. The number of rotatable bonds is 2. The van der Waals surface area contributed by atoms with Crippen molar-refractivity contribution in [1.82, 2.24) is 9.80 Å². The Morgan fingerprint density at radius 2 is 1.72 bits per heavy atom. The van der Waals surface area contributed by atoms with E-state index in [4.69, 9.17) is 5.73 Å². The third kappa shape index (κ3) is 5.41. The minimum Gasteiger partial charge on any atom is -0.339 e. The molecular weight excluding hydrogens is 345 g/mol. The van der Waals surface area contributed by atoms with Crippen LogP contribution in [0.2, 0.25) is 0 Å². The number of hydrogen-bond acceptors (Lipinski definition) is 3. The molecule has 1 aromatic carbocycles. The molecule has 2 amide bonds. The number of carbonyl (C=O) groups is 2. The second kappa shape index (κ2) is 8.63. The maximum absolute atomic E-state index is 13.3. The maximum Gasteiger partial charge on any atom is 0.254 e. The van der Waals surface area contributed by atoms with Crippen molar-refractivity contribution < 1.29 is 14.0 Å². The highest BCUT2D eigenvalue weighted by Crippen LogP contribution is 2.20. The Morgan fingerprint density at radius 3 is 2.32 bits per heavy atom. The second-order valence-corrected chi connectivity index (χ2v) is 7.33. The Labute approximate surface area is 154 Å². The number of benzene rings is 1. The van der Waals surface area contributed by atoms with Crippen molar-refractivity contribution in [2.24, 2.45) is 11.1 Å². The van der Waals surface area contributed by atoms with Gasteiger partial charge in [0.05, 0.1) is 6.04 Å². The van der Waals surface area contributed by atoms with E-state index >= 15 is 0 Å². The molecule has 0 aromatic heterocycles. The molecule has 140 valence electrons. The Kier molecular flexibility index (Phi) is 7.38. The molecule has 7 heteroatoms. The van der Waals surface area contributed by atoms with Gasteiger partial charge in [0.2, 0.25) is 5.91 Å². The lowest BCUT2D eigenvalue weighted by Crippen LogP contribution is -2.51. The van der Waals surface area contributed by atoms with Crippen LogP contribution in [-0.2, 0) is 4.79 Å². The summed E-state index contributed by atoms with van der Waals surface area (Å²) < 4.78 is 13.3. The van der Waals surface area contributed by atoms with Gasteiger partial charge in [0.25, 0.3) is 5.91 Å². The molecule has 2 N–H and O–H groups in total. The van der Waals surface area contributed by atoms with Gasteiger partial charge in [-0.25, -0.2) is 4.39 Å². The number of nitrogens with zero attached hydrogens (tertiary/aromatic N) is 2. The van der Waals surface area contributed by atoms with Gasteiger partial charge >= 0.3 is 0 Å². The molecule has 1 aromatic rings. The highest BCUT2D eigenvalue weighted by atomic mass is 35.5. The monoisotopic (exact) mass is 371 g/mol. The molecular formula is C18H27ClFN3O2. The van der Waals surface area contributed by atoms with Gasteiger partial charge in [0.15, 0.2) is 0 Å². The highest BCUT2D eigenvalue weighted by molar-refractivity contribution is 5.94. The molecule has 0 spiro atoms. The number of halogens is 2. The molecule has 0 saturated carbocycles. The van der Waals surface area contributed by atoms with Crippen LogP contribution in [-0.4, -0.2) is 53.8 Å². The van der Waals surface area contributed by atoms with E-state index in [1.54, 1.807) is 15.9 Å². The van der Waals surface area contributed by atoms with Crippen LogP contribution in [0.4, 0.5) is 4.39 Å². The van der Waals surface area contributed by atoms with Gasteiger partial charge in [0, 0.05) is 31.7 Å². The lowest BCUT2D eigenvalue weighted by molar-refractivity contribution is -0.134. The normalized spacial score (nSPS) is 16.7. The zero-order valence-electron chi connectivity index (χ0n) is 15.0. The lowest BCUT2D eigenvalue weighted by Gasteiger charge is -2.31. The molecule has 0 unspecified atom stereocenters. The van der Waals surface area contributed by atoms with Crippen molar-refractivity contribution in [3.05, 3.63) is 35.6 Å². The van der Waals surface area contributed by atoms with Crippen LogP contribution in [0.25, 0.3) is 0 Å². The van der Waals surface area contributed by atoms with Gasteiger partial charge in [-0.05, 0) is 30.0 Å². The maximum atomic E-state index is 13.3. The van der Waals surface area contributed by atoms with Crippen LogP contribution >= 0.6 is 12.4 Å². The summed E-state index contributed by atoms with van der Waals surface area (Å²) in [5, 5.41) is 0. The summed E-state index contributed by atoms with van der Waals surface area (Å²) in [6, 6.07) is 5.12. The molecule has 1 aliphatic heterocycles. The number of carbonyl (C=O) groups excluding carboxylic acids is 2. The van der Waals surface area contributed by atoms with Crippen molar-refractivity contribution in [1.29, 1.82) is 0 Å². The van der Waals surface area contributed by atoms with Crippen LogP contribution in [0, 0.1) is 11.2 Å². The molecule has 0 bridgehead atoms. The average Bonchev–Trinajstić information content (AvgIpc) is 2.78. The van der Waals surface area contributed by atoms with E-state index in [1.807, 2.05) is 20.8 Å². The van der Waals surface area contributed by atoms with E-state index in [1.165, 1.54) is 18.2 Å². The topological polar surface area (TPSA) is 66.6 Å². The number of nitrogens with two attached hydrogens (primary N) is 1. The standard InChI is InChI=1S/C18H26FN3O2.ClH/c1-18(2,3)15(20)17(24)22-9-5-8-21(10-11-22)16(23)13-6-4-7-14(19)12-13;/h4,6-7,12,15H,5,8-11,20H2,1-3H3;1H/t15-;/m1./s1. The van der Waals surface area contributed by atoms with Crippen molar-refractivity contribution in [3.8, 4) is 0 Å². The predicted molar refractivity (Wildman–Crippen MR) is 98.2 cm³/mol. The van der Waals surface area contributed by atoms with Gasteiger partial charge in [0.1, 0.15) is 5.82 Å². The first-order chi connectivity index (χ1) is 11.2. The fourth-order valence-electron chi connectivity index (χ4n) is 2.71. The van der Waals surface area contributed by atoms with Gasteiger partial charge in [-0.2, -0.15) is 0 Å². The van der Waals surface area contributed by atoms with Gasteiger partial charge < -0.3 is 15.5 Å². The molecule has 1 aliphatic rings. The lowest BCUT2D eigenvalue weighted by atomic mass is 9.86. The number of hydrogen-bond donors (Lipinski definition) is 1. The van der Waals surface area contributed by atoms with Crippen molar-refractivity contribution >= 4 is 24.2 Å². The first kappa shape index (κ1) is 21.4. The Morgan fingerprint density at radius 1 is 1.12 bits per heavy atom. The Balaban J connectivity index is 0.00000312. The van der Waals surface area contributed by atoms with Crippen LogP contribution in [0.1, 0.15) is 37.6 Å². The minimum atomic E-state index is -0.567. The molecule has 5 nitrogen and oxygen atoms in total. The van der Waals surface area contributed by atoms with E-state index < -0.39 is 11.9 Å². The first-order valence-electron chi connectivity index (χ1n) is 8.29. The number of amides is 2. The van der Waals surface area contributed by atoms with E-state index in [-0.39, 0.29) is 29.6 Å². The summed E-state index contributed by atoms with van der Waals surface area (Å²) in [4.78, 5) is 28.4. The fourth-order valence-corrected chi connectivity index (χ4v) is 2.71. The van der Waals surface area contributed by atoms with Crippen LogP contribution < -0.4 is 5.73 Å². The van der Waals surface area contributed by atoms with E-state index in [9.17, 15) is 14.0 Å². The van der Waals surface area contributed by atoms with Gasteiger partial charge in [-0.3, -0.25) is 9.59 Å². The zero-order chi connectivity index (χ0) is 17.9. The third-order valence-corrected chi connectivity index (χ3v) is 4.37. The first-order valence-corrected chi connectivity index (χ1v) is 8.29. The summed E-state index contributed by atoms with van der Waals surface area (Å²) in [5.74, 6) is -0.713. The summed E-state index contributed by atoms with van der Waals surface area (Å²) in [6.07, 6.45) is 0.684. The molecule has 1 fully saturated rings. The van der Waals surface area contributed by atoms with E-state index in [2.05, 4.69) is 0 Å². The van der Waals surface area contributed by atoms with Crippen molar-refractivity contribution in [3.63, 3.8) is 0 Å². The second-order valence-electron chi connectivity index (χ2n) is 7.33. The largest absolute Gasteiger partial charge is 0.339 e. The SMILES string of the molecule is CC(C)(C)[C@H](N)C(=O)N1CCCN(C(=O)c2cccc(F)c2)CC1.Cl. The molecule has 25 heavy (non-hydrogen) atoms. The molecule has 1 atom stereocenters. The summed E-state index contributed by atoms with van der Waals surface area (Å²) in [7, 11) is 0. The highest BCUT2D eigenvalue weighted by Gasteiger charge is 2.32. The molecule has 0 aliphatic carbocycles.